The van der Waals surface area contributed by atoms with E-state index in [4.69, 9.17) is 14.2 Å². The van der Waals surface area contributed by atoms with Gasteiger partial charge < -0.3 is 14.2 Å². The second kappa shape index (κ2) is 9.70. The Morgan fingerprint density at radius 2 is 1.68 bits per heavy atom. The van der Waals surface area contributed by atoms with Crippen molar-refractivity contribution in [3.63, 3.8) is 0 Å². The summed E-state index contributed by atoms with van der Waals surface area (Å²) < 4.78 is 43.0. The van der Waals surface area contributed by atoms with Crippen LogP contribution in [-0.4, -0.2) is 48.0 Å². The van der Waals surface area contributed by atoms with Crippen molar-refractivity contribution in [1.29, 1.82) is 0 Å². The molecule has 0 heterocycles. The number of anilines is 1. The van der Waals surface area contributed by atoms with Crippen molar-refractivity contribution >= 4 is 33.4 Å². The fourth-order valence-electron chi connectivity index (χ4n) is 2.49. The topological polar surface area (TPSA) is 82.1 Å². The molecule has 0 N–H and O–H groups in total. The van der Waals surface area contributed by atoms with Crippen LogP contribution in [0.3, 0.4) is 0 Å². The lowest BCUT2D eigenvalue weighted by molar-refractivity contribution is -0.141. The van der Waals surface area contributed by atoms with E-state index in [1.807, 2.05) is 6.26 Å². The first-order valence-corrected chi connectivity index (χ1v) is 11.1. The van der Waals surface area contributed by atoms with Gasteiger partial charge in [-0.15, -0.1) is 11.8 Å². The van der Waals surface area contributed by atoms with Crippen LogP contribution in [0.4, 0.5) is 5.69 Å². The third-order valence-corrected chi connectivity index (χ3v) is 6.41. The summed E-state index contributed by atoms with van der Waals surface area (Å²) in [5.41, 5.74) is 0.264. The van der Waals surface area contributed by atoms with E-state index >= 15 is 0 Å². The van der Waals surface area contributed by atoms with Crippen LogP contribution in [0.2, 0.25) is 0 Å². The molecule has 28 heavy (non-hydrogen) atoms. The Labute approximate surface area is 169 Å². The number of hydrogen-bond acceptors (Lipinski definition) is 7. The summed E-state index contributed by atoms with van der Waals surface area (Å²) in [5, 5.41) is 0. The van der Waals surface area contributed by atoms with Crippen molar-refractivity contribution in [2.24, 2.45) is 0 Å². The lowest BCUT2D eigenvalue weighted by Gasteiger charge is -2.24. The van der Waals surface area contributed by atoms with Gasteiger partial charge in [0.15, 0.2) is 11.5 Å². The molecule has 0 amide bonds. The minimum Gasteiger partial charge on any atom is -0.493 e. The number of nitrogens with zero attached hydrogens (tertiary/aromatic N) is 1. The zero-order valence-corrected chi connectivity index (χ0v) is 17.8. The summed E-state index contributed by atoms with van der Waals surface area (Å²) in [6.45, 7) is 1.35. The number of methoxy groups -OCH3 is 2. The van der Waals surface area contributed by atoms with Crippen LogP contribution in [0, 0.1) is 0 Å². The van der Waals surface area contributed by atoms with Crippen LogP contribution in [0.25, 0.3) is 0 Å². The molecule has 0 atom stereocenters. The Morgan fingerprint density at radius 1 is 1.04 bits per heavy atom. The Morgan fingerprint density at radius 3 is 2.21 bits per heavy atom. The summed E-state index contributed by atoms with van der Waals surface area (Å²) in [6, 6.07) is 11.1. The third-order valence-electron chi connectivity index (χ3n) is 3.88. The van der Waals surface area contributed by atoms with Crippen LogP contribution in [0.1, 0.15) is 6.92 Å². The Kier molecular flexibility index (Phi) is 7.59. The largest absolute Gasteiger partial charge is 0.493 e. The van der Waals surface area contributed by atoms with Gasteiger partial charge in [-0.1, -0.05) is 0 Å². The Bertz CT molecular complexity index is 913. The fraction of sp³-hybridized carbons (Fsp3) is 0.316. The molecule has 0 bridgehead atoms. The minimum absolute atomic E-state index is 0.0735. The first-order valence-electron chi connectivity index (χ1n) is 8.41. The number of esters is 1. The minimum atomic E-state index is -4.01. The van der Waals surface area contributed by atoms with Gasteiger partial charge in [-0.25, -0.2) is 8.42 Å². The van der Waals surface area contributed by atoms with Crippen molar-refractivity contribution in [2.75, 3.05) is 37.9 Å². The number of carbonyl (C=O) groups is 1. The van der Waals surface area contributed by atoms with Crippen LogP contribution in [0.5, 0.6) is 11.5 Å². The van der Waals surface area contributed by atoms with Gasteiger partial charge >= 0.3 is 5.97 Å². The molecule has 0 saturated carbocycles. The smallest absolute Gasteiger partial charge is 0.326 e. The van der Waals surface area contributed by atoms with E-state index in [2.05, 4.69) is 0 Å². The summed E-state index contributed by atoms with van der Waals surface area (Å²) in [6.07, 6.45) is 1.90. The Balaban J connectivity index is 2.53. The van der Waals surface area contributed by atoms with Gasteiger partial charge in [0.25, 0.3) is 10.0 Å². The number of ether oxygens (including phenoxy) is 3. The molecule has 0 aliphatic carbocycles. The van der Waals surface area contributed by atoms with Gasteiger partial charge in [-0.2, -0.15) is 0 Å². The molecule has 0 aliphatic heterocycles. The molecule has 0 aromatic heterocycles. The summed E-state index contributed by atoms with van der Waals surface area (Å²) >= 11 is 1.51. The highest BCUT2D eigenvalue weighted by Crippen LogP contribution is 2.34. The monoisotopic (exact) mass is 425 g/mol. The molecular weight excluding hydrogens is 402 g/mol. The quantitative estimate of drug-likeness (QED) is 0.451. The van der Waals surface area contributed by atoms with Gasteiger partial charge in [0, 0.05) is 11.0 Å². The predicted molar refractivity (Wildman–Crippen MR) is 109 cm³/mol. The molecule has 7 nitrogen and oxygen atoms in total. The Hall–Kier alpha value is -2.39. The van der Waals surface area contributed by atoms with Crippen LogP contribution >= 0.6 is 11.8 Å². The van der Waals surface area contributed by atoms with E-state index in [0.717, 1.165) is 9.20 Å². The normalized spacial score (nSPS) is 11.0. The maximum absolute atomic E-state index is 13.3. The van der Waals surface area contributed by atoms with E-state index in [-0.39, 0.29) is 17.2 Å². The van der Waals surface area contributed by atoms with Crippen LogP contribution < -0.4 is 13.8 Å². The first kappa shape index (κ1) is 21.9. The maximum atomic E-state index is 13.3. The summed E-state index contributed by atoms with van der Waals surface area (Å²) in [4.78, 5) is 13.1. The number of hydrogen-bond donors (Lipinski definition) is 0. The third kappa shape index (κ3) is 4.90. The SMILES string of the molecule is CCOC(=O)CN(c1ccc(OC)c(OC)c1)S(=O)(=O)c1ccc(SC)cc1. The molecule has 0 saturated heterocycles. The average molecular weight is 426 g/mol. The zero-order chi connectivity index (χ0) is 20.7. The number of thioether (sulfide) groups is 1. The highest BCUT2D eigenvalue weighted by molar-refractivity contribution is 7.98. The number of benzene rings is 2. The number of sulfonamides is 1. The highest BCUT2D eigenvalue weighted by Gasteiger charge is 2.28. The van der Waals surface area contributed by atoms with Crippen LogP contribution in [-0.2, 0) is 19.6 Å². The number of carbonyl (C=O) groups excluding carboxylic acids is 1. The van der Waals surface area contributed by atoms with Gasteiger partial charge in [0.1, 0.15) is 6.54 Å². The molecule has 0 radical (unpaired) electrons. The maximum Gasteiger partial charge on any atom is 0.326 e. The second-order valence-electron chi connectivity index (χ2n) is 5.53. The molecule has 2 aromatic carbocycles. The molecule has 9 heteroatoms. The van der Waals surface area contributed by atoms with E-state index in [9.17, 15) is 13.2 Å². The van der Waals surface area contributed by atoms with E-state index in [1.165, 1.54) is 44.2 Å². The van der Waals surface area contributed by atoms with Gasteiger partial charge in [0.2, 0.25) is 0 Å². The molecule has 0 spiro atoms. The standard InChI is InChI=1S/C19H23NO6S2/c1-5-26-19(21)13-20(14-6-11-17(24-2)18(12-14)25-3)28(22,23)16-9-7-15(27-4)8-10-16/h6-12H,5,13H2,1-4H3. The summed E-state index contributed by atoms with van der Waals surface area (Å²) in [7, 11) is -1.07. The van der Waals surface area contributed by atoms with E-state index < -0.39 is 22.5 Å². The molecule has 0 unspecified atom stereocenters. The second-order valence-corrected chi connectivity index (χ2v) is 8.27. The molecule has 0 aliphatic rings. The van der Waals surface area contributed by atoms with Crippen molar-refractivity contribution in [1.82, 2.24) is 0 Å². The van der Waals surface area contributed by atoms with Crippen molar-refractivity contribution in [3.8, 4) is 11.5 Å². The van der Waals surface area contributed by atoms with Gasteiger partial charge in [-0.3, -0.25) is 9.10 Å². The van der Waals surface area contributed by atoms with Crippen molar-refractivity contribution in [2.45, 2.75) is 16.7 Å². The zero-order valence-electron chi connectivity index (χ0n) is 16.2. The van der Waals surface area contributed by atoms with E-state index in [0.29, 0.717) is 11.5 Å². The van der Waals surface area contributed by atoms with Crippen molar-refractivity contribution in [3.05, 3.63) is 42.5 Å². The molecule has 2 rings (SSSR count). The van der Waals surface area contributed by atoms with Gasteiger partial charge in [0.05, 0.1) is 31.4 Å². The fourth-order valence-corrected chi connectivity index (χ4v) is 4.30. The van der Waals surface area contributed by atoms with Crippen LogP contribution in [0.15, 0.2) is 52.3 Å². The lowest BCUT2D eigenvalue weighted by atomic mass is 10.2. The van der Waals surface area contributed by atoms with Gasteiger partial charge in [-0.05, 0) is 49.6 Å². The average Bonchev–Trinajstić information content (AvgIpc) is 2.71. The number of rotatable bonds is 9. The molecule has 0 fully saturated rings. The van der Waals surface area contributed by atoms with E-state index in [1.54, 1.807) is 31.2 Å². The highest BCUT2D eigenvalue weighted by atomic mass is 32.2. The molecular formula is C19H23NO6S2. The molecule has 2 aromatic rings. The predicted octanol–water partition coefficient (Wildman–Crippen LogP) is 3.18. The first-order chi connectivity index (χ1) is 13.4. The summed E-state index contributed by atoms with van der Waals surface area (Å²) in [5.74, 6) is 0.146. The van der Waals surface area contributed by atoms with Crippen molar-refractivity contribution < 1.29 is 27.4 Å². The molecule has 152 valence electrons. The lowest BCUT2D eigenvalue weighted by Crippen LogP contribution is -2.36.